The molecule has 0 saturated heterocycles. The minimum Gasteiger partial charge on any atom is -0.405 e. The molecule has 95 valence electrons. The number of ether oxygens (including phenoxy) is 1. The van der Waals surface area contributed by atoms with Gasteiger partial charge in [0, 0.05) is 11.6 Å². The first-order valence-electron chi connectivity index (χ1n) is 4.17. The third-order valence-electron chi connectivity index (χ3n) is 1.63. The Labute approximate surface area is 94.9 Å². The van der Waals surface area contributed by atoms with E-state index < -0.39 is 33.5 Å². The fourth-order valence-corrected chi connectivity index (χ4v) is 1.82. The molecule has 0 heterocycles. The average Bonchev–Trinajstić information content (AvgIpc) is 2.05. The van der Waals surface area contributed by atoms with Gasteiger partial charge in [-0.15, -0.1) is 13.2 Å². The monoisotopic (exact) mass is 271 g/mol. The lowest BCUT2D eigenvalue weighted by Crippen LogP contribution is -2.18. The number of hydrogen-bond donors (Lipinski definition) is 0. The fraction of sp³-hybridized carbons (Fsp3) is 0.222. The Morgan fingerprint density at radius 1 is 1.29 bits per heavy atom. The maximum Gasteiger partial charge on any atom is 0.573 e. The largest absolute Gasteiger partial charge is 0.573 e. The Bertz CT molecular complexity index is 507. The van der Waals surface area contributed by atoms with Crippen LogP contribution < -0.4 is 4.74 Å². The Morgan fingerprint density at radius 3 is 2.35 bits per heavy atom. The van der Waals surface area contributed by atoms with Gasteiger partial charge < -0.3 is 4.74 Å². The van der Waals surface area contributed by atoms with E-state index in [2.05, 4.69) is 11.0 Å². The lowest BCUT2D eigenvalue weighted by atomic mass is 10.2. The summed E-state index contributed by atoms with van der Waals surface area (Å²) in [5, 5.41) is 0. The minimum atomic E-state index is -5.02. The Kier molecular flexibility index (Phi) is 3.65. The second kappa shape index (κ2) is 4.52. The lowest BCUT2D eigenvalue weighted by molar-refractivity contribution is -0.274. The molecule has 0 bridgehead atoms. The molecular formula is C9H7F4O3S. The molecule has 0 saturated carbocycles. The number of hydrogen-bond acceptors (Lipinski definition) is 3. The number of benzene rings is 1. The molecule has 8 heteroatoms. The first-order valence-corrected chi connectivity index (χ1v) is 5.99. The highest BCUT2D eigenvalue weighted by atomic mass is 32.2. The van der Waals surface area contributed by atoms with Crippen molar-refractivity contribution in [1.82, 2.24) is 0 Å². The van der Waals surface area contributed by atoms with Crippen molar-refractivity contribution in [1.29, 1.82) is 0 Å². The van der Waals surface area contributed by atoms with Gasteiger partial charge in [-0.3, -0.25) is 0 Å². The first-order chi connectivity index (χ1) is 7.57. The van der Waals surface area contributed by atoms with Gasteiger partial charge in [-0.2, -0.15) is 0 Å². The van der Waals surface area contributed by atoms with Crippen molar-refractivity contribution >= 4 is 9.84 Å². The predicted molar refractivity (Wildman–Crippen MR) is 51.1 cm³/mol. The molecule has 0 N–H and O–H groups in total. The van der Waals surface area contributed by atoms with Crippen LogP contribution in [0.2, 0.25) is 0 Å². The summed E-state index contributed by atoms with van der Waals surface area (Å²) in [4.78, 5) is 0. The lowest BCUT2D eigenvalue weighted by Gasteiger charge is -2.12. The summed E-state index contributed by atoms with van der Waals surface area (Å²) >= 11 is 0. The zero-order chi connectivity index (χ0) is 13.3. The summed E-state index contributed by atoms with van der Waals surface area (Å²) in [5.41, 5.74) is -0.307. The molecule has 1 aromatic carbocycles. The summed E-state index contributed by atoms with van der Waals surface area (Å²) in [5.74, 6) is -2.61. The van der Waals surface area contributed by atoms with Crippen LogP contribution in [-0.2, 0) is 15.6 Å². The van der Waals surface area contributed by atoms with Gasteiger partial charge in [-0.05, 0) is 6.07 Å². The van der Waals surface area contributed by atoms with E-state index in [0.717, 1.165) is 12.1 Å². The normalized spacial score (nSPS) is 12.5. The van der Waals surface area contributed by atoms with Crippen LogP contribution in [0.4, 0.5) is 17.6 Å². The second-order valence-corrected chi connectivity index (χ2v) is 4.96. The van der Waals surface area contributed by atoms with E-state index in [4.69, 9.17) is 0 Å². The summed E-state index contributed by atoms with van der Waals surface area (Å²) in [7, 11) is -3.79. The van der Waals surface area contributed by atoms with Gasteiger partial charge in [0.1, 0.15) is 11.6 Å². The number of halogens is 4. The topological polar surface area (TPSA) is 43.4 Å². The maximum absolute atomic E-state index is 12.7. The molecule has 17 heavy (non-hydrogen) atoms. The fourth-order valence-electron chi connectivity index (χ4n) is 1.10. The SMILES string of the molecule is [CH2]S(=O)(=O)Cc1ccc(F)cc1OC(F)(F)F. The van der Waals surface area contributed by atoms with Gasteiger partial charge in [0.25, 0.3) is 0 Å². The van der Waals surface area contributed by atoms with Crippen LogP contribution in [0.25, 0.3) is 0 Å². The van der Waals surface area contributed by atoms with Crippen LogP contribution in [0.15, 0.2) is 18.2 Å². The number of rotatable bonds is 3. The third kappa shape index (κ3) is 5.03. The summed E-state index contributed by atoms with van der Waals surface area (Å²) in [6, 6.07) is 2.21. The Morgan fingerprint density at radius 2 is 1.88 bits per heavy atom. The molecular weight excluding hydrogens is 264 g/mol. The zero-order valence-electron chi connectivity index (χ0n) is 8.29. The summed E-state index contributed by atoms with van der Waals surface area (Å²) < 4.78 is 73.9. The van der Waals surface area contributed by atoms with Crippen LogP contribution in [-0.4, -0.2) is 14.8 Å². The quantitative estimate of drug-likeness (QED) is 0.793. The second-order valence-electron chi connectivity index (χ2n) is 3.19. The molecule has 1 aromatic rings. The Balaban J connectivity index is 3.13. The van der Waals surface area contributed by atoms with Crippen LogP contribution in [0.3, 0.4) is 0 Å². The standard InChI is InChI=1S/C9H7F4O3S/c1-17(14,15)5-6-2-3-7(10)4-8(6)16-9(11,12)13/h2-4H,1,5H2. The molecule has 0 spiro atoms. The smallest absolute Gasteiger partial charge is 0.405 e. The molecule has 0 atom stereocenters. The van der Waals surface area contributed by atoms with E-state index in [1.807, 2.05) is 0 Å². The predicted octanol–water partition coefficient (Wildman–Crippen LogP) is 2.43. The highest BCUT2D eigenvalue weighted by Gasteiger charge is 2.32. The van der Waals surface area contributed by atoms with Crippen molar-refractivity contribution < 1.29 is 30.7 Å². The molecule has 1 radical (unpaired) electrons. The minimum absolute atomic E-state index is 0.307. The molecule has 0 aliphatic heterocycles. The molecule has 0 aromatic heterocycles. The molecule has 0 aliphatic carbocycles. The van der Waals surface area contributed by atoms with Crippen molar-refractivity contribution in [2.24, 2.45) is 0 Å². The van der Waals surface area contributed by atoms with Gasteiger partial charge in [0.15, 0.2) is 9.84 Å². The van der Waals surface area contributed by atoms with E-state index in [9.17, 15) is 26.0 Å². The van der Waals surface area contributed by atoms with Crippen LogP contribution in [0.1, 0.15) is 5.56 Å². The van der Waals surface area contributed by atoms with Crippen molar-refractivity contribution in [2.45, 2.75) is 12.1 Å². The van der Waals surface area contributed by atoms with E-state index in [-0.39, 0.29) is 5.56 Å². The van der Waals surface area contributed by atoms with E-state index in [1.165, 1.54) is 0 Å². The molecule has 0 amide bonds. The first kappa shape index (κ1) is 13.8. The van der Waals surface area contributed by atoms with Crippen LogP contribution >= 0.6 is 0 Å². The van der Waals surface area contributed by atoms with Crippen molar-refractivity contribution in [3.63, 3.8) is 0 Å². The highest BCUT2D eigenvalue weighted by molar-refractivity contribution is 7.91. The molecule has 3 nitrogen and oxygen atoms in total. The Hall–Kier alpha value is -1.31. The van der Waals surface area contributed by atoms with E-state index in [1.54, 1.807) is 0 Å². The summed E-state index contributed by atoms with van der Waals surface area (Å²) in [6.07, 6.45) is -2.25. The molecule has 0 fully saturated rings. The van der Waals surface area contributed by atoms with Gasteiger partial charge in [0.05, 0.1) is 12.0 Å². The van der Waals surface area contributed by atoms with Crippen molar-refractivity contribution in [2.75, 3.05) is 0 Å². The molecule has 0 aliphatic rings. The summed E-state index contributed by atoms with van der Waals surface area (Å²) in [6.45, 7) is 0. The highest BCUT2D eigenvalue weighted by Crippen LogP contribution is 2.28. The third-order valence-corrected chi connectivity index (χ3v) is 2.38. The van der Waals surface area contributed by atoms with E-state index in [0.29, 0.717) is 6.07 Å². The zero-order valence-corrected chi connectivity index (χ0v) is 9.11. The average molecular weight is 271 g/mol. The van der Waals surface area contributed by atoms with Gasteiger partial charge >= 0.3 is 6.36 Å². The van der Waals surface area contributed by atoms with Crippen LogP contribution in [0, 0.1) is 12.1 Å². The molecule has 0 unspecified atom stereocenters. The van der Waals surface area contributed by atoms with Gasteiger partial charge in [-0.25, -0.2) is 12.8 Å². The molecule has 1 rings (SSSR count). The van der Waals surface area contributed by atoms with Crippen LogP contribution in [0.5, 0.6) is 5.75 Å². The van der Waals surface area contributed by atoms with Gasteiger partial charge in [0.2, 0.25) is 0 Å². The number of sulfone groups is 1. The van der Waals surface area contributed by atoms with E-state index >= 15 is 0 Å². The van der Waals surface area contributed by atoms with Crippen molar-refractivity contribution in [3.05, 3.63) is 35.8 Å². The van der Waals surface area contributed by atoms with Crippen molar-refractivity contribution in [3.8, 4) is 5.75 Å². The maximum atomic E-state index is 12.7. The van der Waals surface area contributed by atoms with Gasteiger partial charge in [-0.1, -0.05) is 6.07 Å². The number of alkyl halides is 3.